The molecule has 1 aromatic heterocycles. The van der Waals surface area contributed by atoms with Gasteiger partial charge in [-0.05, 0) is 18.6 Å². The lowest BCUT2D eigenvalue weighted by atomic mass is 10.2. The van der Waals surface area contributed by atoms with Crippen molar-refractivity contribution in [2.24, 2.45) is 0 Å². The Balaban J connectivity index is 1.87. The van der Waals surface area contributed by atoms with Crippen LogP contribution in [0.1, 0.15) is 23.0 Å². The molecule has 2 amide bonds. The zero-order valence-electron chi connectivity index (χ0n) is 11.8. The largest absolute Gasteiger partial charge is 0.365 e. The number of hydrogen-bond acceptors (Lipinski definition) is 4. The summed E-state index contributed by atoms with van der Waals surface area (Å²) >= 11 is 0. The van der Waals surface area contributed by atoms with Crippen LogP contribution in [0.2, 0.25) is 0 Å². The van der Waals surface area contributed by atoms with Crippen LogP contribution in [0.3, 0.4) is 0 Å². The van der Waals surface area contributed by atoms with Gasteiger partial charge >= 0.3 is 0 Å². The van der Waals surface area contributed by atoms with Gasteiger partial charge < -0.3 is 15.0 Å². The van der Waals surface area contributed by atoms with Gasteiger partial charge in [0.15, 0.2) is 0 Å². The summed E-state index contributed by atoms with van der Waals surface area (Å²) in [4.78, 5) is 29.1. The van der Waals surface area contributed by atoms with Crippen molar-refractivity contribution in [2.75, 3.05) is 26.7 Å². The van der Waals surface area contributed by atoms with Gasteiger partial charge in [0.2, 0.25) is 5.91 Å². The standard InChI is InChI=1S/C14H19N3O3/c1-3-11-6-10(4-5-15-11)14(19)16-7-12-8-17(2)13(18)9-20-12/h4-6,12H,3,7-9H2,1-2H3,(H,16,19)/t12-/m1/s1. The molecule has 1 saturated heterocycles. The Kier molecular flexibility index (Phi) is 4.68. The Hall–Kier alpha value is -1.95. The predicted molar refractivity (Wildman–Crippen MR) is 73.3 cm³/mol. The highest BCUT2D eigenvalue weighted by Crippen LogP contribution is 2.05. The van der Waals surface area contributed by atoms with E-state index in [9.17, 15) is 9.59 Å². The van der Waals surface area contributed by atoms with Crippen LogP contribution in [0.15, 0.2) is 18.3 Å². The summed E-state index contributed by atoms with van der Waals surface area (Å²) in [6.45, 7) is 2.95. The van der Waals surface area contributed by atoms with Gasteiger partial charge in [-0.2, -0.15) is 0 Å². The van der Waals surface area contributed by atoms with Crippen molar-refractivity contribution in [3.63, 3.8) is 0 Å². The van der Waals surface area contributed by atoms with Crippen molar-refractivity contribution in [3.05, 3.63) is 29.6 Å². The molecule has 1 fully saturated rings. The van der Waals surface area contributed by atoms with Gasteiger partial charge in [0, 0.05) is 37.6 Å². The number of ether oxygens (including phenoxy) is 1. The third-order valence-electron chi connectivity index (χ3n) is 3.28. The number of morpholine rings is 1. The first-order chi connectivity index (χ1) is 9.60. The van der Waals surface area contributed by atoms with E-state index in [1.165, 1.54) is 0 Å². The number of amides is 2. The first-order valence-corrected chi connectivity index (χ1v) is 6.69. The van der Waals surface area contributed by atoms with E-state index in [1.54, 1.807) is 30.3 Å². The third kappa shape index (κ3) is 3.54. The Morgan fingerprint density at radius 2 is 2.40 bits per heavy atom. The van der Waals surface area contributed by atoms with Crippen LogP contribution in [0.5, 0.6) is 0 Å². The summed E-state index contributed by atoms with van der Waals surface area (Å²) in [7, 11) is 1.73. The topological polar surface area (TPSA) is 71.5 Å². The number of nitrogens with zero attached hydrogens (tertiary/aromatic N) is 2. The minimum atomic E-state index is -0.158. The van der Waals surface area contributed by atoms with E-state index in [4.69, 9.17) is 4.74 Å². The molecule has 1 aliphatic rings. The van der Waals surface area contributed by atoms with Crippen molar-refractivity contribution in [3.8, 4) is 0 Å². The van der Waals surface area contributed by atoms with Gasteiger partial charge in [-0.3, -0.25) is 14.6 Å². The van der Waals surface area contributed by atoms with Crippen molar-refractivity contribution in [2.45, 2.75) is 19.4 Å². The summed E-state index contributed by atoms with van der Waals surface area (Å²) < 4.78 is 5.37. The highest BCUT2D eigenvalue weighted by molar-refractivity contribution is 5.94. The highest BCUT2D eigenvalue weighted by atomic mass is 16.5. The molecule has 0 radical (unpaired) electrons. The first-order valence-electron chi connectivity index (χ1n) is 6.69. The van der Waals surface area contributed by atoms with Gasteiger partial charge in [0.1, 0.15) is 6.61 Å². The van der Waals surface area contributed by atoms with E-state index in [2.05, 4.69) is 10.3 Å². The minimum Gasteiger partial charge on any atom is -0.365 e. The zero-order valence-corrected chi connectivity index (χ0v) is 11.8. The Labute approximate surface area is 118 Å². The fourth-order valence-electron chi connectivity index (χ4n) is 2.00. The fraction of sp³-hybridized carbons (Fsp3) is 0.500. The molecule has 1 aliphatic heterocycles. The van der Waals surface area contributed by atoms with Crippen molar-refractivity contribution in [1.82, 2.24) is 15.2 Å². The van der Waals surface area contributed by atoms with Gasteiger partial charge in [0.05, 0.1) is 6.10 Å². The summed E-state index contributed by atoms with van der Waals surface area (Å²) in [6, 6.07) is 3.47. The number of aromatic nitrogens is 1. The van der Waals surface area contributed by atoms with Crippen molar-refractivity contribution in [1.29, 1.82) is 0 Å². The molecule has 0 unspecified atom stereocenters. The van der Waals surface area contributed by atoms with Crippen molar-refractivity contribution >= 4 is 11.8 Å². The second kappa shape index (κ2) is 6.47. The Morgan fingerprint density at radius 1 is 1.60 bits per heavy atom. The maximum absolute atomic E-state index is 12.0. The Bertz CT molecular complexity index is 504. The molecule has 0 saturated carbocycles. The monoisotopic (exact) mass is 277 g/mol. The van der Waals surface area contributed by atoms with Gasteiger partial charge in [-0.15, -0.1) is 0 Å². The molecule has 2 heterocycles. The van der Waals surface area contributed by atoms with Crippen LogP contribution < -0.4 is 5.32 Å². The average Bonchev–Trinajstić information content (AvgIpc) is 2.48. The molecule has 1 aromatic rings. The second-order valence-electron chi connectivity index (χ2n) is 4.81. The minimum absolute atomic E-state index is 0.0331. The second-order valence-corrected chi connectivity index (χ2v) is 4.81. The van der Waals surface area contributed by atoms with E-state index in [-0.39, 0.29) is 24.5 Å². The van der Waals surface area contributed by atoms with Crippen molar-refractivity contribution < 1.29 is 14.3 Å². The van der Waals surface area contributed by atoms with E-state index >= 15 is 0 Å². The van der Waals surface area contributed by atoms with Gasteiger partial charge in [0.25, 0.3) is 5.91 Å². The van der Waals surface area contributed by atoms with Crippen LogP contribution in [-0.4, -0.2) is 54.5 Å². The molecule has 0 aliphatic carbocycles. The number of pyridine rings is 1. The van der Waals surface area contributed by atoms with E-state index in [0.29, 0.717) is 18.7 Å². The maximum Gasteiger partial charge on any atom is 0.251 e. The number of likely N-dealkylation sites (N-methyl/N-ethyl adjacent to an activating group) is 1. The average molecular weight is 277 g/mol. The molecular formula is C14H19N3O3. The van der Waals surface area contributed by atoms with Crippen LogP contribution in [0, 0.1) is 0 Å². The number of nitrogens with one attached hydrogen (secondary N) is 1. The smallest absolute Gasteiger partial charge is 0.251 e. The lowest BCUT2D eigenvalue weighted by Gasteiger charge is -2.29. The first kappa shape index (κ1) is 14.5. The lowest BCUT2D eigenvalue weighted by molar-refractivity contribution is -0.146. The van der Waals surface area contributed by atoms with Crippen LogP contribution >= 0.6 is 0 Å². The SMILES string of the molecule is CCc1cc(C(=O)NC[C@@H]2CN(C)C(=O)CO2)ccn1. The van der Waals surface area contributed by atoms with Crippen LogP contribution in [0.25, 0.3) is 0 Å². The fourth-order valence-corrected chi connectivity index (χ4v) is 2.00. The number of rotatable bonds is 4. The molecule has 6 heteroatoms. The van der Waals surface area contributed by atoms with E-state index in [0.717, 1.165) is 12.1 Å². The molecule has 1 N–H and O–H groups in total. The van der Waals surface area contributed by atoms with E-state index < -0.39 is 0 Å². The number of carbonyl (C=O) groups is 2. The molecular weight excluding hydrogens is 258 g/mol. The Morgan fingerprint density at radius 3 is 3.10 bits per heavy atom. The van der Waals surface area contributed by atoms with Crippen LogP contribution in [-0.2, 0) is 16.0 Å². The maximum atomic E-state index is 12.0. The molecule has 0 aromatic carbocycles. The summed E-state index contributed by atoms with van der Waals surface area (Å²) in [5.74, 6) is -0.181. The molecule has 0 spiro atoms. The number of hydrogen-bond donors (Lipinski definition) is 1. The predicted octanol–water partition coefficient (Wildman–Crippen LogP) is 0.231. The number of aryl methyl sites for hydroxylation is 1. The lowest BCUT2D eigenvalue weighted by Crippen LogP contribution is -2.48. The quantitative estimate of drug-likeness (QED) is 0.855. The molecule has 20 heavy (non-hydrogen) atoms. The third-order valence-corrected chi connectivity index (χ3v) is 3.28. The summed E-state index contributed by atoms with van der Waals surface area (Å²) in [6.07, 6.45) is 2.27. The van der Waals surface area contributed by atoms with Gasteiger partial charge in [-0.25, -0.2) is 0 Å². The van der Waals surface area contributed by atoms with Crippen LogP contribution in [0.4, 0.5) is 0 Å². The molecule has 1 atom stereocenters. The molecule has 108 valence electrons. The summed E-state index contributed by atoms with van der Waals surface area (Å²) in [5, 5.41) is 2.83. The molecule has 2 rings (SSSR count). The number of carbonyl (C=O) groups excluding carboxylic acids is 2. The summed E-state index contributed by atoms with van der Waals surface area (Å²) in [5.41, 5.74) is 1.48. The molecule has 0 bridgehead atoms. The highest BCUT2D eigenvalue weighted by Gasteiger charge is 2.23. The molecule has 6 nitrogen and oxygen atoms in total. The zero-order chi connectivity index (χ0) is 14.5. The van der Waals surface area contributed by atoms with Gasteiger partial charge in [-0.1, -0.05) is 6.92 Å². The normalized spacial score (nSPS) is 19.0. The van der Waals surface area contributed by atoms with E-state index in [1.807, 2.05) is 6.92 Å².